The fourth-order valence-corrected chi connectivity index (χ4v) is 2.18. The van der Waals surface area contributed by atoms with Gasteiger partial charge >= 0.3 is 12.3 Å². The van der Waals surface area contributed by atoms with E-state index < -0.39 is 29.3 Å². The summed E-state index contributed by atoms with van der Waals surface area (Å²) in [4.78, 5) is 24.4. The van der Waals surface area contributed by atoms with Crippen molar-refractivity contribution in [2.75, 3.05) is 10.6 Å². The fourth-order valence-electron chi connectivity index (χ4n) is 2.18. The lowest BCUT2D eigenvalue weighted by atomic mass is 10.1. The van der Waals surface area contributed by atoms with Crippen LogP contribution in [0.2, 0.25) is 0 Å². The molecule has 0 heterocycles. The highest BCUT2D eigenvalue weighted by molar-refractivity contribution is 6.09. The zero-order valence-electron chi connectivity index (χ0n) is 15.0. The molecule has 2 rings (SSSR count). The zero-order chi connectivity index (χ0) is 20.2. The lowest BCUT2D eigenvalue weighted by molar-refractivity contribution is -0.137. The van der Waals surface area contributed by atoms with Gasteiger partial charge in [-0.1, -0.05) is 18.2 Å². The van der Waals surface area contributed by atoms with Crippen molar-refractivity contribution in [3.8, 4) is 0 Å². The minimum Gasteiger partial charge on any atom is -0.444 e. The summed E-state index contributed by atoms with van der Waals surface area (Å²) < 4.78 is 43.5. The molecule has 0 aromatic heterocycles. The summed E-state index contributed by atoms with van der Waals surface area (Å²) in [6.45, 7) is 5.08. The van der Waals surface area contributed by atoms with Crippen LogP contribution in [-0.4, -0.2) is 17.6 Å². The van der Waals surface area contributed by atoms with Crippen LogP contribution in [0.3, 0.4) is 0 Å². The molecule has 0 fully saturated rings. The van der Waals surface area contributed by atoms with Crippen molar-refractivity contribution in [3.63, 3.8) is 0 Å². The Labute approximate surface area is 154 Å². The van der Waals surface area contributed by atoms with Crippen LogP contribution in [0.15, 0.2) is 48.5 Å². The van der Waals surface area contributed by atoms with E-state index in [0.29, 0.717) is 0 Å². The molecule has 0 bridgehead atoms. The molecule has 0 aliphatic rings. The molecular formula is C19H19F3N2O3. The first-order valence-corrected chi connectivity index (χ1v) is 8.03. The van der Waals surface area contributed by atoms with Crippen molar-refractivity contribution in [2.24, 2.45) is 0 Å². The maximum Gasteiger partial charge on any atom is 0.416 e. The lowest BCUT2D eigenvalue weighted by Gasteiger charge is -2.20. The second-order valence-corrected chi connectivity index (χ2v) is 6.71. The molecule has 0 saturated heterocycles. The van der Waals surface area contributed by atoms with E-state index in [1.807, 2.05) is 0 Å². The fraction of sp³-hybridized carbons (Fsp3) is 0.263. The number of hydrogen-bond acceptors (Lipinski definition) is 3. The molecule has 2 aromatic carbocycles. The highest BCUT2D eigenvalue weighted by atomic mass is 19.4. The third-order valence-electron chi connectivity index (χ3n) is 3.26. The van der Waals surface area contributed by atoms with Crippen LogP contribution < -0.4 is 10.6 Å². The molecule has 8 heteroatoms. The number of carbonyl (C=O) groups is 2. The molecular weight excluding hydrogens is 361 g/mol. The molecule has 0 aliphatic heterocycles. The standard InChI is InChI=1S/C19H19F3N2O3/c1-18(2,3)27-17(26)24-15-10-5-4-9-14(15)16(25)23-13-8-6-7-12(11-13)19(20,21)22/h4-11H,1-3H3,(H,23,25)(H,24,26). The first kappa shape index (κ1) is 20.3. The smallest absolute Gasteiger partial charge is 0.416 e. The van der Waals surface area contributed by atoms with Gasteiger partial charge in [-0.05, 0) is 51.1 Å². The summed E-state index contributed by atoms with van der Waals surface area (Å²) in [7, 11) is 0. The minimum atomic E-state index is -4.52. The maximum atomic E-state index is 12.8. The first-order chi connectivity index (χ1) is 12.5. The van der Waals surface area contributed by atoms with E-state index in [9.17, 15) is 22.8 Å². The molecule has 27 heavy (non-hydrogen) atoms. The third kappa shape index (κ3) is 6.02. The average molecular weight is 380 g/mol. The van der Waals surface area contributed by atoms with E-state index in [0.717, 1.165) is 12.1 Å². The quantitative estimate of drug-likeness (QED) is 0.759. The van der Waals surface area contributed by atoms with E-state index >= 15 is 0 Å². The van der Waals surface area contributed by atoms with Crippen LogP contribution in [0, 0.1) is 0 Å². The summed E-state index contributed by atoms with van der Waals surface area (Å²) in [5.74, 6) is -0.666. The van der Waals surface area contributed by atoms with Crippen molar-refractivity contribution in [3.05, 3.63) is 59.7 Å². The van der Waals surface area contributed by atoms with E-state index in [2.05, 4.69) is 10.6 Å². The van der Waals surface area contributed by atoms with Gasteiger partial charge in [0.05, 0.1) is 16.8 Å². The molecule has 2 amide bonds. The van der Waals surface area contributed by atoms with E-state index in [4.69, 9.17) is 4.74 Å². The Bertz CT molecular complexity index is 843. The molecule has 0 aliphatic carbocycles. The Morgan fingerprint density at radius 2 is 1.59 bits per heavy atom. The van der Waals surface area contributed by atoms with Crippen LogP contribution in [0.4, 0.5) is 29.3 Å². The molecule has 0 radical (unpaired) electrons. The number of halogens is 3. The number of hydrogen-bond donors (Lipinski definition) is 2. The van der Waals surface area contributed by atoms with Gasteiger partial charge in [-0.3, -0.25) is 10.1 Å². The number of para-hydroxylation sites is 1. The van der Waals surface area contributed by atoms with Crippen molar-refractivity contribution in [1.29, 1.82) is 0 Å². The summed E-state index contributed by atoms with van der Waals surface area (Å²) in [6, 6.07) is 10.4. The van der Waals surface area contributed by atoms with Gasteiger partial charge in [0.2, 0.25) is 0 Å². The number of benzene rings is 2. The molecule has 2 aromatic rings. The SMILES string of the molecule is CC(C)(C)OC(=O)Nc1ccccc1C(=O)Nc1cccc(C(F)(F)F)c1. The van der Waals surface area contributed by atoms with E-state index in [-0.39, 0.29) is 16.9 Å². The van der Waals surface area contributed by atoms with Crippen LogP contribution >= 0.6 is 0 Å². The maximum absolute atomic E-state index is 12.8. The number of anilines is 2. The normalized spacial score (nSPS) is 11.6. The first-order valence-electron chi connectivity index (χ1n) is 8.03. The van der Waals surface area contributed by atoms with Gasteiger partial charge in [-0.25, -0.2) is 4.79 Å². The Morgan fingerprint density at radius 1 is 0.926 bits per heavy atom. The van der Waals surface area contributed by atoms with Crippen molar-refractivity contribution in [1.82, 2.24) is 0 Å². The van der Waals surface area contributed by atoms with Crippen LogP contribution in [0.5, 0.6) is 0 Å². The summed E-state index contributed by atoms with van der Waals surface area (Å²) in [6.07, 6.45) is -5.27. The van der Waals surface area contributed by atoms with Gasteiger partial charge in [0.15, 0.2) is 0 Å². The third-order valence-corrected chi connectivity index (χ3v) is 3.26. The Morgan fingerprint density at radius 3 is 2.22 bits per heavy atom. The molecule has 0 saturated carbocycles. The topological polar surface area (TPSA) is 67.4 Å². The number of carbonyl (C=O) groups excluding carboxylic acids is 2. The molecule has 0 unspecified atom stereocenters. The van der Waals surface area contributed by atoms with Crippen LogP contribution in [-0.2, 0) is 10.9 Å². The number of alkyl halides is 3. The Balaban J connectivity index is 2.19. The second kappa shape index (κ2) is 7.69. The summed E-state index contributed by atoms with van der Waals surface area (Å²) in [5.41, 5.74) is -1.35. The van der Waals surface area contributed by atoms with Gasteiger partial charge in [-0.15, -0.1) is 0 Å². The number of nitrogens with one attached hydrogen (secondary N) is 2. The Hall–Kier alpha value is -3.03. The van der Waals surface area contributed by atoms with Crippen LogP contribution in [0.25, 0.3) is 0 Å². The van der Waals surface area contributed by atoms with Crippen LogP contribution in [0.1, 0.15) is 36.7 Å². The number of ether oxygens (including phenoxy) is 1. The number of rotatable bonds is 3. The van der Waals surface area contributed by atoms with E-state index in [1.54, 1.807) is 32.9 Å². The highest BCUT2D eigenvalue weighted by Crippen LogP contribution is 2.31. The van der Waals surface area contributed by atoms with Crippen molar-refractivity contribution >= 4 is 23.4 Å². The average Bonchev–Trinajstić information content (AvgIpc) is 2.53. The summed E-state index contributed by atoms with van der Waals surface area (Å²) in [5, 5.41) is 4.87. The molecule has 0 spiro atoms. The molecule has 2 N–H and O–H groups in total. The minimum absolute atomic E-state index is 0.0121. The van der Waals surface area contributed by atoms with Crippen molar-refractivity contribution < 1.29 is 27.5 Å². The van der Waals surface area contributed by atoms with Crippen molar-refractivity contribution in [2.45, 2.75) is 32.5 Å². The van der Waals surface area contributed by atoms with Gasteiger partial charge in [-0.2, -0.15) is 13.2 Å². The Kier molecular flexibility index (Phi) is 5.78. The highest BCUT2D eigenvalue weighted by Gasteiger charge is 2.30. The largest absolute Gasteiger partial charge is 0.444 e. The van der Waals surface area contributed by atoms with Gasteiger partial charge < -0.3 is 10.1 Å². The predicted molar refractivity (Wildman–Crippen MR) is 95.7 cm³/mol. The van der Waals surface area contributed by atoms with Gasteiger partial charge in [0.1, 0.15) is 5.60 Å². The van der Waals surface area contributed by atoms with Gasteiger partial charge in [0, 0.05) is 5.69 Å². The zero-order valence-corrected chi connectivity index (χ0v) is 15.0. The summed E-state index contributed by atoms with van der Waals surface area (Å²) >= 11 is 0. The molecule has 5 nitrogen and oxygen atoms in total. The second-order valence-electron chi connectivity index (χ2n) is 6.71. The molecule has 0 atom stereocenters. The van der Waals surface area contributed by atoms with Gasteiger partial charge in [0.25, 0.3) is 5.91 Å². The number of amides is 2. The lowest BCUT2D eigenvalue weighted by Crippen LogP contribution is -2.28. The molecule has 144 valence electrons. The predicted octanol–water partition coefficient (Wildman–Crippen LogP) is 5.30. The monoisotopic (exact) mass is 380 g/mol. The van der Waals surface area contributed by atoms with E-state index in [1.165, 1.54) is 24.3 Å².